The molecular weight excluding hydrogens is 371 g/mol. The SMILES string of the molecule is CCOCCOc1ccccc1C(=O)N1CCCN(Cc2ccc(F)cc2)CC1. The minimum Gasteiger partial charge on any atom is -0.490 e. The minimum absolute atomic E-state index is 0.000595. The molecule has 0 atom stereocenters. The van der Waals surface area contributed by atoms with Crippen LogP contribution in [0.1, 0.15) is 29.3 Å². The van der Waals surface area contributed by atoms with E-state index in [2.05, 4.69) is 4.90 Å². The number of para-hydroxylation sites is 1. The smallest absolute Gasteiger partial charge is 0.257 e. The number of nitrogens with zero attached hydrogens (tertiary/aromatic N) is 2. The van der Waals surface area contributed by atoms with Gasteiger partial charge in [-0.25, -0.2) is 4.39 Å². The van der Waals surface area contributed by atoms with Crippen molar-refractivity contribution in [3.8, 4) is 5.75 Å². The van der Waals surface area contributed by atoms with Crippen molar-refractivity contribution < 1.29 is 18.7 Å². The molecule has 1 fully saturated rings. The molecule has 0 radical (unpaired) electrons. The molecule has 0 bridgehead atoms. The highest BCUT2D eigenvalue weighted by Crippen LogP contribution is 2.21. The average Bonchev–Trinajstić information content (AvgIpc) is 2.98. The highest BCUT2D eigenvalue weighted by molar-refractivity contribution is 5.97. The Labute approximate surface area is 172 Å². The van der Waals surface area contributed by atoms with Gasteiger partial charge in [-0.2, -0.15) is 0 Å². The lowest BCUT2D eigenvalue weighted by Gasteiger charge is -2.23. The predicted octanol–water partition coefficient (Wildman–Crippen LogP) is 3.59. The molecular formula is C23H29FN2O3. The largest absolute Gasteiger partial charge is 0.490 e. The van der Waals surface area contributed by atoms with Gasteiger partial charge in [0.1, 0.15) is 18.2 Å². The Bertz CT molecular complexity index is 782. The number of amides is 1. The number of benzene rings is 2. The van der Waals surface area contributed by atoms with E-state index in [0.717, 1.165) is 31.6 Å². The molecule has 0 aromatic heterocycles. The van der Waals surface area contributed by atoms with Crippen LogP contribution in [0.5, 0.6) is 5.75 Å². The second kappa shape index (κ2) is 10.9. The summed E-state index contributed by atoms with van der Waals surface area (Å²) in [6.45, 7) is 7.34. The summed E-state index contributed by atoms with van der Waals surface area (Å²) in [6.07, 6.45) is 0.903. The highest BCUT2D eigenvalue weighted by Gasteiger charge is 2.22. The number of carbonyl (C=O) groups is 1. The summed E-state index contributed by atoms with van der Waals surface area (Å²) >= 11 is 0. The van der Waals surface area contributed by atoms with Crippen LogP contribution in [0.25, 0.3) is 0 Å². The molecule has 1 amide bonds. The lowest BCUT2D eigenvalue weighted by atomic mass is 10.1. The van der Waals surface area contributed by atoms with Crippen LogP contribution in [0, 0.1) is 5.82 Å². The normalized spacial score (nSPS) is 15.2. The van der Waals surface area contributed by atoms with E-state index in [0.29, 0.717) is 44.2 Å². The summed E-state index contributed by atoms with van der Waals surface area (Å²) in [5, 5.41) is 0. The van der Waals surface area contributed by atoms with E-state index >= 15 is 0 Å². The van der Waals surface area contributed by atoms with E-state index in [1.165, 1.54) is 12.1 Å². The van der Waals surface area contributed by atoms with Gasteiger partial charge in [0.05, 0.1) is 12.2 Å². The Balaban J connectivity index is 1.58. The third-order valence-corrected chi connectivity index (χ3v) is 5.00. The molecule has 2 aromatic rings. The number of halogens is 1. The molecule has 156 valence electrons. The number of rotatable bonds is 8. The van der Waals surface area contributed by atoms with Gasteiger partial charge in [-0.15, -0.1) is 0 Å². The van der Waals surface area contributed by atoms with Crippen LogP contribution < -0.4 is 4.74 Å². The third-order valence-electron chi connectivity index (χ3n) is 5.00. The van der Waals surface area contributed by atoms with Gasteiger partial charge in [0.25, 0.3) is 5.91 Å². The summed E-state index contributed by atoms with van der Waals surface area (Å²) < 4.78 is 24.2. The summed E-state index contributed by atoms with van der Waals surface area (Å²) in [6, 6.07) is 14.0. The van der Waals surface area contributed by atoms with Crippen LogP contribution in [0.3, 0.4) is 0 Å². The van der Waals surface area contributed by atoms with Gasteiger partial charge in [-0.1, -0.05) is 24.3 Å². The first-order valence-electron chi connectivity index (χ1n) is 10.2. The van der Waals surface area contributed by atoms with Gasteiger partial charge in [0.2, 0.25) is 0 Å². The van der Waals surface area contributed by atoms with Crippen LogP contribution in [0.2, 0.25) is 0 Å². The Morgan fingerprint density at radius 2 is 1.79 bits per heavy atom. The van der Waals surface area contributed by atoms with Crippen LogP contribution in [0.15, 0.2) is 48.5 Å². The number of hydrogen-bond donors (Lipinski definition) is 0. The first-order valence-corrected chi connectivity index (χ1v) is 10.2. The van der Waals surface area contributed by atoms with Crippen LogP contribution in [-0.2, 0) is 11.3 Å². The van der Waals surface area contributed by atoms with Gasteiger partial charge in [-0.05, 0) is 43.2 Å². The zero-order chi connectivity index (χ0) is 20.5. The van der Waals surface area contributed by atoms with Crippen molar-refractivity contribution in [1.29, 1.82) is 0 Å². The maximum atomic E-state index is 13.1. The van der Waals surface area contributed by atoms with Gasteiger partial charge in [0, 0.05) is 39.3 Å². The highest BCUT2D eigenvalue weighted by atomic mass is 19.1. The Morgan fingerprint density at radius 1 is 1.00 bits per heavy atom. The fourth-order valence-electron chi connectivity index (χ4n) is 3.47. The van der Waals surface area contributed by atoms with Crippen molar-refractivity contribution >= 4 is 5.91 Å². The van der Waals surface area contributed by atoms with Crippen LogP contribution in [0.4, 0.5) is 4.39 Å². The number of hydrogen-bond acceptors (Lipinski definition) is 4. The van der Waals surface area contributed by atoms with Crippen molar-refractivity contribution in [1.82, 2.24) is 9.80 Å². The third kappa shape index (κ3) is 6.27. The lowest BCUT2D eigenvalue weighted by molar-refractivity contribution is 0.0750. The molecule has 0 aliphatic carbocycles. The quantitative estimate of drug-likeness (QED) is 0.635. The van der Waals surface area contributed by atoms with Gasteiger partial charge < -0.3 is 14.4 Å². The van der Waals surface area contributed by atoms with Crippen molar-refractivity contribution in [3.05, 3.63) is 65.5 Å². The predicted molar refractivity (Wildman–Crippen MR) is 111 cm³/mol. The molecule has 0 N–H and O–H groups in total. The van der Waals surface area contributed by atoms with E-state index in [4.69, 9.17) is 9.47 Å². The Hall–Kier alpha value is -2.44. The fourth-order valence-corrected chi connectivity index (χ4v) is 3.47. The molecule has 1 aliphatic rings. The lowest BCUT2D eigenvalue weighted by Crippen LogP contribution is -2.35. The first kappa shape index (κ1) is 21.3. The molecule has 0 saturated carbocycles. The Kier molecular flexibility index (Phi) is 8.02. The molecule has 1 heterocycles. The Morgan fingerprint density at radius 3 is 2.59 bits per heavy atom. The summed E-state index contributed by atoms with van der Waals surface area (Å²) in [7, 11) is 0. The van der Waals surface area contributed by atoms with Crippen molar-refractivity contribution in [2.24, 2.45) is 0 Å². The second-order valence-electron chi connectivity index (χ2n) is 7.09. The van der Waals surface area contributed by atoms with E-state index in [-0.39, 0.29) is 11.7 Å². The molecule has 3 rings (SSSR count). The summed E-state index contributed by atoms with van der Waals surface area (Å²) in [5.41, 5.74) is 1.68. The minimum atomic E-state index is -0.219. The maximum Gasteiger partial charge on any atom is 0.257 e. The summed E-state index contributed by atoms with van der Waals surface area (Å²) in [5.74, 6) is 0.383. The van der Waals surface area contributed by atoms with Crippen LogP contribution >= 0.6 is 0 Å². The van der Waals surface area contributed by atoms with E-state index in [9.17, 15) is 9.18 Å². The van der Waals surface area contributed by atoms with Crippen molar-refractivity contribution in [2.45, 2.75) is 19.9 Å². The maximum absolute atomic E-state index is 13.1. The zero-order valence-corrected chi connectivity index (χ0v) is 17.0. The first-order chi connectivity index (χ1) is 14.2. The fraction of sp³-hybridized carbons (Fsp3) is 0.435. The molecule has 6 heteroatoms. The van der Waals surface area contributed by atoms with Crippen molar-refractivity contribution in [2.75, 3.05) is 46.0 Å². The molecule has 1 saturated heterocycles. The second-order valence-corrected chi connectivity index (χ2v) is 7.09. The van der Waals surface area contributed by atoms with E-state index < -0.39 is 0 Å². The number of ether oxygens (including phenoxy) is 2. The van der Waals surface area contributed by atoms with Crippen LogP contribution in [-0.4, -0.2) is 61.7 Å². The topological polar surface area (TPSA) is 42.0 Å². The monoisotopic (exact) mass is 400 g/mol. The average molecular weight is 400 g/mol. The summed E-state index contributed by atoms with van der Waals surface area (Å²) in [4.78, 5) is 17.3. The standard InChI is InChI=1S/C23H29FN2O3/c1-2-28-16-17-29-22-7-4-3-6-21(22)23(27)26-13-5-12-25(14-15-26)18-19-8-10-20(24)11-9-19/h3-4,6-11H,2,5,12-18H2,1H3. The van der Waals surface area contributed by atoms with E-state index in [1.807, 2.05) is 48.2 Å². The van der Waals surface area contributed by atoms with Gasteiger partial charge in [0.15, 0.2) is 0 Å². The molecule has 0 spiro atoms. The molecule has 5 nitrogen and oxygen atoms in total. The van der Waals surface area contributed by atoms with Gasteiger partial charge >= 0.3 is 0 Å². The molecule has 1 aliphatic heterocycles. The molecule has 0 unspecified atom stereocenters. The van der Waals surface area contributed by atoms with Crippen molar-refractivity contribution in [3.63, 3.8) is 0 Å². The molecule has 2 aromatic carbocycles. The van der Waals surface area contributed by atoms with Gasteiger partial charge in [-0.3, -0.25) is 9.69 Å². The zero-order valence-electron chi connectivity index (χ0n) is 17.0. The van der Waals surface area contributed by atoms with E-state index in [1.54, 1.807) is 0 Å². The number of carbonyl (C=O) groups excluding carboxylic acids is 1. The molecule has 29 heavy (non-hydrogen) atoms.